The van der Waals surface area contributed by atoms with E-state index in [2.05, 4.69) is 0 Å². The number of methoxy groups -OCH3 is 2. The van der Waals surface area contributed by atoms with Crippen LogP contribution in [0.1, 0.15) is 32.1 Å². The zero-order valence-electron chi connectivity index (χ0n) is 7.51. The van der Waals surface area contributed by atoms with Gasteiger partial charge in [0.15, 0.2) is 6.29 Å². The average molecular weight is 158 g/mol. The van der Waals surface area contributed by atoms with Crippen LogP contribution in [-0.4, -0.2) is 20.5 Å². The van der Waals surface area contributed by atoms with E-state index in [0.29, 0.717) is 0 Å². The molecule has 0 spiro atoms. The molecule has 66 valence electrons. The molecule has 11 heavy (non-hydrogen) atoms. The third kappa shape index (κ3) is 2.80. The molecule has 2 heteroatoms. The third-order valence-electron chi connectivity index (χ3n) is 2.53. The van der Waals surface area contributed by atoms with Gasteiger partial charge in [0.1, 0.15) is 0 Å². The highest BCUT2D eigenvalue weighted by molar-refractivity contribution is 4.68. The summed E-state index contributed by atoms with van der Waals surface area (Å²) in [5.74, 6) is 0.847. The van der Waals surface area contributed by atoms with Crippen LogP contribution in [0.25, 0.3) is 0 Å². The maximum atomic E-state index is 5.14. The molecule has 0 aromatic carbocycles. The highest BCUT2D eigenvalue weighted by atomic mass is 16.7. The van der Waals surface area contributed by atoms with Gasteiger partial charge in [0.2, 0.25) is 0 Å². The molecule has 1 fully saturated rings. The number of ether oxygens (including phenoxy) is 2. The van der Waals surface area contributed by atoms with E-state index in [-0.39, 0.29) is 6.29 Å². The summed E-state index contributed by atoms with van der Waals surface area (Å²) in [6, 6.07) is 0. The molecule has 0 aromatic rings. The summed E-state index contributed by atoms with van der Waals surface area (Å²) in [7, 11) is 3.42. The van der Waals surface area contributed by atoms with Crippen LogP contribution in [0.3, 0.4) is 0 Å². The number of hydrogen-bond acceptors (Lipinski definition) is 2. The summed E-state index contributed by atoms with van der Waals surface area (Å²) < 4.78 is 10.3. The van der Waals surface area contributed by atoms with E-state index in [1.807, 2.05) is 0 Å². The molecule has 2 nitrogen and oxygen atoms in total. The van der Waals surface area contributed by atoms with Crippen molar-refractivity contribution in [3.63, 3.8) is 0 Å². The summed E-state index contributed by atoms with van der Waals surface area (Å²) in [5, 5.41) is 0. The van der Waals surface area contributed by atoms with Crippen molar-refractivity contribution in [1.82, 2.24) is 0 Å². The molecule has 0 saturated heterocycles. The minimum absolute atomic E-state index is 0.0260. The lowest BCUT2D eigenvalue weighted by molar-refractivity contribution is -0.113. The molecule has 0 amide bonds. The molecule has 0 aliphatic heterocycles. The van der Waals surface area contributed by atoms with Crippen molar-refractivity contribution in [2.45, 2.75) is 38.4 Å². The van der Waals surface area contributed by atoms with E-state index in [1.54, 1.807) is 14.2 Å². The van der Waals surface area contributed by atoms with Crippen molar-refractivity contribution in [2.75, 3.05) is 14.2 Å². The van der Waals surface area contributed by atoms with Crippen molar-refractivity contribution >= 4 is 0 Å². The second-order valence-corrected chi connectivity index (χ2v) is 3.29. The van der Waals surface area contributed by atoms with Gasteiger partial charge in [-0.2, -0.15) is 0 Å². The lowest BCUT2D eigenvalue weighted by atomic mass is 10.0. The van der Waals surface area contributed by atoms with Crippen LogP contribution in [0.15, 0.2) is 0 Å². The number of hydrogen-bond donors (Lipinski definition) is 0. The van der Waals surface area contributed by atoms with Gasteiger partial charge in [-0.3, -0.25) is 0 Å². The van der Waals surface area contributed by atoms with Gasteiger partial charge < -0.3 is 9.47 Å². The molecule has 0 bridgehead atoms. The largest absolute Gasteiger partial charge is 0.356 e. The molecule has 0 radical (unpaired) electrons. The Bertz CT molecular complexity index is 93.7. The molecule has 0 atom stereocenters. The first-order valence-corrected chi connectivity index (χ1v) is 4.42. The maximum absolute atomic E-state index is 5.14. The smallest absolute Gasteiger partial charge is 0.157 e. The molecule has 1 aliphatic rings. The monoisotopic (exact) mass is 158 g/mol. The van der Waals surface area contributed by atoms with Gasteiger partial charge >= 0.3 is 0 Å². The predicted molar refractivity (Wildman–Crippen MR) is 44.4 cm³/mol. The van der Waals surface area contributed by atoms with E-state index in [9.17, 15) is 0 Å². The highest BCUT2D eigenvalue weighted by Gasteiger charge is 2.19. The van der Waals surface area contributed by atoms with E-state index < -0.39 is 0 Å². The van der Waals surface area contributed by atoms with Crippen molar-refractivity contribution in [1.29, 1.82) is 0 Å². The Morgan fingerprint density at radius 1 is 1.18 bits per heavy atom. The lowest BCUT2D eigenvalue weighted by Gasteiger charge is -2.16. The molecule has 0 heterocycles. The summed E-state index contributed by atoms with van der Waals surface area (Å²) >= 11 is 0. The normalized spacial score (nSPS) is 19.9. The van der Waals surface area contributed by atoms with Crippen LogP contribution in [0.4, 0.5) is 0 Å². The predicted octanol–water partition coefficient (Wildman–Crippen LogP) is 2.19. The van der Waals surface area contributed by atoms with Crippen molar-refractivity contribution < 1.29 is 9.47 Å². The SMILES string of the molecule is COC(CC1CCCC1)OC. The Morgan fingerprint density at radius 2 is 1.73 bits per heavy atom. The summed E-state index contributed by atoms with van der Waals surface area (Å²) in [5.41, 5.74) is 0. The molecular weight excluding hydrogens is 140 g/mol. The van der Waals surface area contributed by atoms with Gasteiger partial charge in [-0.15, -0.1) is 0 Å². The molecule has 1 saturated carbocycles. The molecule has 1 aliphatic carbocycles. The summed E-state index contributed by atoms with van der Waals surface area (Å²) in [6.45, 7) is 0. The average Bonchev–Trinajstić information content (AvgIpc) is 2.52. The third-order valence-corrected chi connectivity index (χ3v) is 2.53. The Hall–Kier alpha value is -0.0800. The first kappa shape index (κ1) is 9.01. The van der Waals surface area contributed by atoms with Crippen LogP contribution in [0.5, 0.6) is 0 Å². The van der Waals surface area contributed by atoms with Crippen molar-refractivity contribution in [3.05, 3.63) is 0 Å². The first-order chi connectivity index (χ1) is 5.36. The zero-order valence-corrected chi connectivity index (χ0v) is 7.51. The molecule has 1 rings (SSSR count). The molecule has 0 N–H and O–H groups in total. The van der Waals surface area contributed by atoms with Crippen LogP contribution in [0, 0.1) is 5.92 Å². The van der Waals surface area contributed by atoms with Gasteiger partial charge in [0.25, 0.3) is 0 Å². The van der Waals surface area contributed by atoms with E-state index >= 15 is 0 Å². The Labute approximate surface area is 68.9 Å². The van der Waals surface area contributed by atoms with E-state index in [4.69, 9.17) is 9.47 Å². The quantitative estimate of drug-likeness (QED) is 0.584. The Kier molecular flexibility index (Phi) is 3.87. The Balaban J connectivity index is 2.16. The fraction of sp³-hybridized carbons (Fsp3) is 1.00. The topological polar surface area (TPSA) is 18.5 Å². The lowest BCUT2D eigenvalue weighted by Crippen LogP contribution is -2.16. The first-order valence-electron chi connectivity index (χ1n) is 4.42. The van der Waals surface area contributed by atoms with E-state index in [1.165, 1.54) is 25.7 Å². The van der Waals surface area contributed by atoms with Crippen molar-refractivity contribution in [3.8, 4) is 0 Å². The summed E-state index contributed by atoms with van der Waals surface area (Å²) in [6.07, 6.45) is 6.62. The minimum Gasteiger partial charge on any atom is -0.356 e. The van der Waals surface area contributed by atoms with Crippen molar-refractivity contribution in [2.24, 2.45) is 5.92 Å². The van der Waals surface area contributed by atoms with Crippen LogP contribution < -0.4 is 0 Å². The van der Waals surface area contributed by atoms with Crippen LogP contribution in [-0.2, 0) is 9.47 Å². The van der Waals surface area contributed by atoms with Gasteiger partial charge in [-0.25, -0.2) is 0 Å². The second-order valence-electron chi connectivity index (χ2n) is 3.29. The van der Waals surface area contributed by atoms with Crippen LogP contribution in [0.2, 0.25) is 0 Å². The zero-order chi connectivity index (χ0) is 8.10. The van der Waals surface area contributed by atoms with Gasteiger partial charge in [0, 0.05) is 20.6 Å². The highest BCUT2D eigenvalue weighted by Crippen LogP contribution is 2.29. The fourth-order valence-electron chi connectivity index (χ4n) is 1.81. The number of rotatable bonds is 4. The fourth-order valence-corrected chi connectivity index (χ4v) is 1.81. The van der Waals surface area contributed by atoms with Gasteiger partial charge in [-0.1, -0.05) is 25.7 Å². The van der Waals surface area contributed by atoms with Gasteiger partial charge in [0.05, 0.1) is 0 Å². The summed E-state index contributed by atoms with van der Waals surface area (Å²) in [4.78, 5) is 0. The standard InChI is InChI=1S/C9H18O2/c1-10-9(11-2)7-8-5-3-4-6-8/h8-9H,3-7H2,1-2H3. The van der Waals surface area contributed by atoms with E-state index in [0.717, 1.165) is 12.3 Å². The Morgan fingerprint density at radius 3 is 2.18 bits per heavy atom. The minimum atomic E-state index is 0.0260. The molecule has 0 unspecified atom stereocenters. The molecule has 0 aromatic heterocycles. The van der Waals surface area contributed by atoms with Crippen LogP contribution >= 0.6 is 0 Å². The maximum Gasteiger partial charge on any atom is 0.157 e. The molecular formula is C9H18O2. The van der Waals surface area contributed by atoms with Gasteiger partial charge in [-0.05, 0) is 5.92 Å². The second kappa shape index (κ2) is 4.73.